The average molecular weight is 522 g/mol. The van der Waals surface area contributed by atoms with Gasteiger partial charge >= 0.3 is 0 Å². The Hall–Kier alpha value is -3.17. The minimum Gasteiger partial charge on any atom is -0.381 e. The maximum atomic E-state index is 14.3. The first-order valence-electron chi connectivity index (χ1n) is 13.3. The van der Waals surface area contributed by atoms with Crippen molar-refractivity contribution in [2.45, 2.75) is 63.6 Å². The number of ether oxygens (including phenoxy) is 1. The van der Waals surface area contributed by atoms with E-state index in [4.69, 9.17) is 4.74 Å². The summed E-state index contributed by atoms with van der Waals surface area (Å²) >= 11 is 0. The molecule has 2 atom stereocenters. The molecule has 2 fully saturated rings. The van der Waals surface area contributed by atoms with Crippen molar-refractivity contribution in [1.82, 2.24) is 20.1 Å². The number of carbonyl (C=O) groups is 1. The summed E-state index contributed by atoms with van der Waals surface area (Å²) in [5, 5.41) is 12.0. The summed E-state index contributed by atoms with van der Waals surface area (Å²) in [5.74, 6) is 0.793. The van der Waals surface area contributed by atoms with Gasteiger partial charge in [-0.1, -0.05) is 12.1 Å². The largest absolute Gasteiger partial charge is 0.381 e. The van der Waals surface area contributed by atoms with E-state index in [9.17, 15) is 13.6 Å². The number of carbonyl (C=O) groups excluding carboxylic acids is 1. The Balaban J connectivity index is 1.33. The number of aromatic nitrogens is 3. The smallest absolute Gasteiger partial charge is 0.264 e. The lowest BCUT2D eigenvalue weighted by Gasteiger charge is -2.42. The topological polar surface area (TPSA) is 72.3 Å². The lowest BCUT2D eigenvalue weighted by atomic mass is 9.77. The van der Waals surface area contributed by atoms with Gasteiger partial charge < -0.3 is 19.5 Å². The Morgan fingerprint density at radius 1 is 1.16 bits per heavy atom. The fourth-order valence-corrected chi connectivity index (χ4v) is 6.11. The van der Waals surface area contributed by atoms with E-state index >= 15 is 0 Å². The van der Waals surface area contributed by atoms with E-state index in [1.165, 1.54) is 6.42 Å². The molecule has 1 aliphatic carbocycles. The van der Waals surface area contributed by atoms with E-state index in [0.717, 1.165) is 29.8 Å². The summed E-state index contributed by atoms with van der Waals surface area (Å²) in [6.07, 6.45) is 2.32. The summed E-state index contributed by atoms with van der Waals surface area (Å²) < 4.78 is 35.9. The number of hydrogen-bond donors (Lipinski definition) is 1. The highest BCUT2D eigenvalue weighted by atomic mass is 19.3. The fourth-order valence-electron chi connectivity index (χ4n) is 6.11. The molecule has 3 aliphatic rings. The summed E-state index contributed by atoms with van der Waals surface area (Å²) in [6.45, 7) is 5.53. The first-order valence-corrected chi connectivity index (χ1v) is 13.3. The van der Waals surface area contributed by atoms with E-state index in [1.807, 2.05) is 42.8 Å². The number of anilines is 1. The van der Waals surface area contributed by atoms with E-state index in [0.29, 0.717) is 30.0 Å². The summed E-state index contributed by atoms with van der Waals surface area (Å²) in [7, 11) is 1.91. The quantitative estimate of drug-likeness (QED) is 0.437. The highest BCUT2D eigenvalue weighted by molar-refractivity contribution is 6.10. The second-order valence-corrected chi connectivity index (χ2v) is 11.3. The minimum atomic E-state index is -2.66. The maximum absolute atomic E-state index is 14.3. The number of benzene rings is 2. The number of nitrogens with zero attached hydrogens (tertiary/aromatic N) is 4. The molecule has 1 unspecified atom stereocenters. The van der Waals surface area contributed by atoms with Gasteiger partial charge in [-0.2, -0.15) is 0 Å². The van der Waals surface area contributed by atoms with Crippen LogP contribution < -0.4 is 10.2 Å². The van der Waals surface area contributed by atoms with E-state index in [-0.39, 0.29) is 41.4 Å². The molecular weight excluding hydrogens is 488 g/mol. The predicted octanol–water partition coefficient (Wildman–Crippen LogP) is 5.28. The van der Waals surface area contributed by atoms with Crippen molar-refractivity contribution in [3.8, 4) is 0 Å². The van der Waals surface area contributed by atoms with Crippen LogP contribution in [-0.4, -0.2) is 39.4 Å². The minimum absolute atomic E-state index is 0.0185. The first kappa shape index (κ1) is 25.1. The molecule has 9 heteroatoms. The molecule has 1 amide bonds. The zero-order chi connectivity index (χ0) is 26.6. The summed E-state index contributed by atoms with van der Waals surface area (Å²) in [6, 6.07) is 11.0. The number of nitrogens with one attached hydrogen (secondary N) is 1. The predicted molar refractivity (Wildman–Crippen MR) is 139 cm³/mol. The monoisotopic (exact) mass is 521 g/mol. The molecular formula is C29H33F2N5O2. The Morgan fingerprint density at radius 3 is 2.55 bits per heavy atom. The van der Waals surface area contributed by atoms with Crippen LogP contribution in [0.1, 0.15) is 89.9 Å². The van der Waals surface area contributed by atoms with E-state index < -0.39 is 6.43 Å². The number of amides is 1. The lowest BCUT2D eigenvalue weighted by molar-refractivity contribution is -0.0407. The van der Waals surface area contributed by atoms with Crippen molar-refractivity contribution in [2.75, 3.05) is 18.1 Å². The van der Waals surface area contributed by atoms with Gasteiger partial charge in [0.1, 0.15) is 12.2 Å². The molecule has 2 aliphatic heterocycles. The second kappa shape index (κ2) is 9.54. The van der Waals surface area contributed by atoms with Crippen molar-refractivity contribution in [1.29, 1.82) is 0 Å². The molecule has 1 N–H and O–H groups in total. The van der Waals surface area contributed by atoms with Crippen molar-refractivity contribution in [3.63, 3.8) is 0 Å². The number of rotatable bonds is 8. The molecule has 1 saturated carbocycles. The number of halogens is 2. The summed E-state index contributed by atoms with van der Waals surface area (Å²) in [4.78, 5) is 15.3. The van der Waals surface area contributed by atoms with Gasteiger partial charge in [-0.15, -0.1) is 10.2 Å². The third kappa shape index (κ3) is 4.31. The number of fused-ring (bicyclic) bond motifs is 1. The number of alkyl halides is 2. The second-order valence-electron chi connectivity index (χ2n) is 11.3. The summed E-state index contributed by atoms with van der Waals surface area (Å²) in [5.41, 5.74) is 3.16. The van der Waals surface area contributed by atoms with Crippen molar-refractivity contribution >= 4 is 11.6 Å². The molecule has 200 valence electrons. The SMILES string of the molecule is C[C@@H](NC1(C)CCC1)c1cc2c(c(C(F)F)c1)CN(c1cccc(C(c3nncn3C)C3COC3)c1)C2=O. The van der Waals surface area contributed by atoms with Crippen LogP contribution in [0, 0.1) is 5.92 Å². The molecule has 1 aromatic heterocycles. The molecule has 38 heavy (non-hydrogen) atoms. The average Bonchev–Trinajstić information content (AvgIpc) is 3.42. The normalized spacial score (nSPS) is 20.3. The molecule has 6 rings (SSSR count). The van der Waals surface area contributed by atoms with Crippen molar-refractivity contribution < 1.29 is 18.3 Å². The van der Waals surface area contributed by atoms with E-state index in [1.54, 1.807) is 23.4 Å². The van der Waals surface area contributed by atoms with Gasteiger partial charge in [-0.25, -0.2) is 8.78 Å². The van der Waals surface area contributed by atoms with Gasteiger partial charge in [-0.05, 0) is 74.1 Å². The van der Waals surface area contributed by atoms with E-state index in [2.05, 4.69) is 22.4 Å². The van der Waals surface area contributed by atoms with Gasteiger partial charge in [0, 0.05) is 41.4 Å². The van der Waals surface area contributed by atoms with Gasteiger partial charge in [0.15, 0.2) is 0 Å². The molecule has 0 spiro atoms. The molecule has 3 aromatic rings. The third-order valence-electron chi connectivity index (χ3n) is 8.56. The van der Waals surface area contributed by atoms with Gasteiger partial charge in [-0.3, -0.25) is 4.79 Å². The van der Waals surface area contributed by atoms with Crippen LogP contribution in [0.25, 0.3) is 0 Å². The zero-order valence-electron chi connectivity index (χ0n) is 22.0. The molecule has 0 bridgehead atoms. The van der Waals surface area contributed by atoms with Crippen LogP contribution in [0.3, 0.4) is 0 Å². The molecule has 2 aromatic carbocycles. The fraction of sp³-hybridized carbons (Fsp3) is 0.483. The Labute approximate surface area is 221 Å². The Kier molecular flexibility index (Phi) is 6.31. The molecule has 0 radical (unpaired) electrons. The van der Waals surface area contributed by atoms with Gasteiger partial charge in [0.2, 0.25) is 0 Å². The standard InChI is InChI=1S/C29H33F2N5O2/c1-17(33-29(2)8-5-9-29)19-11-22(26(30)31)24-13-36(28(37)23(24)12-19)21-7-4-6-18(10-21)25(20-14-38-15-20)27-34-32-16-35(27)3/h4,6-7,10-12,16-17,20,25-26,33H,5,8-9,13-15H2,1-3H3/t17-,25?/m1/s1. The van der Waals surface area contributed by atoms with Crippen LogP contribution in [0.2, 0.25) is 0 Å². The van der Waals surface area contributed by atoms with Crippen LogP contribution >= 0.6 is 0 Å². The molecule has 3 heterocycles. The van der Waals surface area contributed by atoms with Crippen LogP contribution in [0.4, 0.5) is 14.5 Å². The Morgan fingerprint density at radius 2 is 1.95 bits per heavy atom. The van der Waals surface area contributed by atoms with Crippen LogP contribution in [0.15, 0.2) is 42.7 Å². The molecule has 1 saturated heterocycles. The number of hydrogen-bond acceptors (Lipinski definition) is 5. The molecule has 7 nitrogen and oxygen atoms in total. The highest BCUT2D eigenvalue weighted by Gasteiger charge is 2.38. The van der Waals surface area contributed by atoms with Crippen molar-refractivity contribution in [2.24, 2.45) is 13.0 Å². The Bertz CT molecular complexity index is 1360. The van der Waals surface area contributed by atoms with Crippen LogP contribution in [-0.2, 0) is 18.3 Å². The lowest BCUT2D eigenvalue weighted by Crippen LogP contribution is -2.49. The van der Waals surface area contributed by atoms with Gasteiger partial charge in [0.05, 0.1) is 25.7 Å². The van der Waals surface area contributed by atoms with Gasteiger partial charge in [0.25, 0.3) is 12.3 Å². The highest BCUT2D eigenvalue weighted by Crippen LogP contribution is 2.41. The number of aryl methyl sites for hydroxylation is 1. The maximum Gasteiger partial charge on any atom is 0.264 e. The third-order valence-corrected chi connectivity index (χ3v) is 8.56. The zero-order valence-corrected chi connectivity index (χ0v) is 22.0. The van der Waals surface area contributed by atoms with Crippen LogP contribution in [0.5, 0.6) is 0 Å². The first-order chi connectivity index (χ1) is 18.2. The van der Waals surface area contributed by atoms with Crippen molar-refractivity contribution in [3.05, 3.63) is 76.4 Å².